The summed E-state index contributed by atoms with van der Waals surface area (Å²) >= 11 is 12.2. The lowest BCUT2D eigenvalue weighted by Gasteiger charge is -2.16. The Labute approximate surface area is 143 Å². The van der Waals surface area contributed by atoms with Gasteiger partial charge in [0, 0.05) is 33.9 Å². The van der Waals surface area contributed by atoms with Crippen molar-refractivity contribution in [3.63, 3.8) is 0 Å². The smallest absolute Gasteiger partial charge is 0.254 e. The van der Waals surface area contributed by atoms with Crippen LogP contribution in [0.25, 0.3) is 5.78 Å². The van der Waals surface area contributed by atoms with Crippen molar-refractivity contribution in [3.05, 3.63) is 51.9 Å². The molecule has 1 unspecified atom stereocenters. The van der Waals surface area contributed by atoms with Crippen molar-refractivity contribution in [2.24, 2.45) is 0 Å². The summed E-state index contributed by atoms with van der Waals surface area (Å²) in [5.74, 6) is 1.21. The maximum Gasteiger partial charge on any atom is 0.254 e. The lowest BCUT2D eigenvalue weighted by Crippen LogP contribution is -2.16. The number of aliphatic hydroxyl groups is 1. The van der Waals surface area contributed by atoms with Crippen molar-refractivity contribution in [1.82, 2.24) is 19.6 Å². The second-order valence-corrected chi connectivity index (χ2v) is 5.80. The van der Waals surface area contributed by atoms with Gasteiger partial charge in [0.25, 0.3) is 5.78 Å². The number of fused-ring (bicyclic) bond motifs is 1. The number of aromatic nitrogens is 4. The highest BCUT2D eigenvalue weighted by Gasteiger charge is 2.16. The summed E-state index contributed by atoms with van der Waals surface area (Å²) in [6.07, 6.45) is 1.36. The molecule has 0 saturated heterocycles. The van der Waals surface area contributed by atoms with Gasteiger partial charge in [-0.15, -0.1) is 0 Å². The summed E-state index contributed by atoms with van der Waals surface area (Å²) in [6.45, 7) is 2.24. The van der Waals surface area contributed by atoms with Crippen LogP contribution in [0.1, 0.15) is 24.3 Å². The number of aliphatic hydroxyl groups excluding tert-OH is 1. The Kier molecular flexibility index (Phi) is 4.66. The Morgan fingerprint density at radius 3 is 2.74 bits per heavy atom. The molecule has 3 aromatic rings. The molecule has 0 aliphatic heterocycles. The van der Waals surface area contributed by atoms with Gasteiger partial charge in [-0.3, -0.25) is 0 Å². The average Bonchev–Trinajstić information content (AvgIpc) is 3.00. The minimum Gasteiger partial charge on any atom is -0.386 e. The van der Waals surface area contributed by atoms with E-state index in [4.69, 9.17) is 23.2 Å². The molecule has 0 fully saturated rings. The van der Waals surface area contributed by atoms with Crippen LogP contribution in [0.4, 0.5) is 5.82 Å². The number of halogens is 2. The number of anilines is 1. The lowest BCUT2D eigenvalue weighted by atomic mass is 10.1. The molecule has 1 atom stereocenters. The van der Waals surface area contributed by atoms with Crippen molar-refractivity contribution in [2.75, 3.05) is 11.9 Å². The minimum absolute atomic E-state index is 0.228. The second-order valence-electron chi connectivity index (χ2n) is 4.99. The van der Waals surface area contributed by atoms with Crippen LogP contribution in [0, 0.1) is 0 Å². The van der Waals surface area contributed by atoms with Crippen LogP contribution in [-0.4, -0.2) is 31.2 Å². The molecule has 8 heteroatoms. The summed E-state index contributed by atoms with van der Waals surface area (Å²) in [5, 5.41) is 18.5. The van der Waals surface area contributed by atoms with Crippen LogP contribution < -0.4 is 5.32 Å². The fourth-order valence-electron chi connectivity index (χ4n) is 2.30. The number of rotatable bonds is 5. The van der Waals surface area contributed by atoms with E-state index >= 15 is 0 Å². The summed E-state index contributed by atoms with van der Waals surface area (Å²) < 4.78 is 1.58. The van der Waals surface area contributed by atoms with Gasteiger partial charge in [-0.25, -0.2) is 4.98 Å². The molecule has 3 rings (SSSR count). The monoisotopic (exact) mass is 351 g/mol. The molecule has 0 radical (unpaired) electrons. The first-order valence-electron chi connectivity index (χ1n) is 7.15. The van der Waals surface area contributed by atoms with E-state index in [2.05, 4.69) is 20.4 Å². The van der Waals surface area contributed by atoms with Crippen molar-refractivity contribution < 1.29 is 5.11 Å². The molecule has 0 aliphatic rings. The zero-order valence-electron chi connectivity index (χ0n) is 12.4. The Morgan fingerprint density at radius 2 is 2.04 bits per heavy atom. The first kappa shape index (κ1) is 16.0. The van der Waals surface area contributed by atoms with Crippen LogP contribution in [0.2, 0.25) is 10.0 Å². The average molecular weight is 352 g/mol. The predicted octanol–water partition coefficient (Wildman–Crippen LogP) is 3.14. The van der Waals surface area contributed by atoms with Crippen LogP contribution in [0.5, 0.6) is 0 Å². The van der Waals surface area contributed by atoms with Gasteiger partial charge in [-0.1, -0.05) is 36.2 Å². The number of aryl methyl sites for hydroxylation is 1. The number of nitrogens with zero attached hydrogens (tertiary/aromatic N) is 4. The standard InChI is InChI=1S/C15H15Cl2N5O/c1-2-9-6-13(22-15(21-9)19-8-20-22)18-7-12(23)14-10(16)4-3-5-11(14)17/h3-6,8,12,18,23H,2,7H2,1H3. The predicted molar refractivity (Wildman–Crippen MR) is 90.1 cm³/mol. The van der Waals surface area contributed by atoms with Gasteiger partial charge in [0.05, 0.1) is 6.10 Å². The van der Waals surface area contributed by atoms with E-state index in [0.717, 1.165) is 12.1 Å². The van der Waals surface area contributed by atoms with E-state index in [1.165, 1.54) is 6.33 Å². The minimum atomic E-state index is -0.854. The lowest BCUT2D eigenvalue weighted by molar-refractivity contribution is 0.191. The van der Waals surface area contributed by atoms with E-state index in [-0.39, 0.29) is 6.54 Å². The van der Waals surface area contributed by atoms with Gasteiger partial charge in [-0.2, -0.15) is 14.6 Å². The molecule has 0 aliphatic carbocycles. The summed E-state index contributed by atoms with van der Waals surface area (Å²) in [6, 6.07) is 7.01. The third-order valence-electron chi connectivity index (χ3n) is 3.48. The van der Waals surface area contributed by atoms with Crippen LogP contribution in [0.3, 0.4) is 0 Å². The van der Waals surface area contributed by atoms with Crippen molar-refractivity contribution >= 4 is 34.8 Å². The van der Waals surface area contributed by atoms with E-state index < -0.39 is 6.10 Å². The highest BCUT2D eigenvalue weighted by molar-refractivity contribution is 6.36. The van der Waals surface area contributed by atoms with Gasteiger partial charge in [-0.05, 0) is 18.6 Å². The van der Waals surface area contributed by atoms with Gasteiger partial charge in [0.1, 0.15) is 12.1 Å². The molecule has 6 nitrogen and oxygen atoms in total. The Hall–Kier alpha value is -1.89. The maximum absolute atomic E-state index is 10.4. The molecule has 23 heavy (non-hydrogen) atoms. The van der Waals surface area contributed by atoms with Gasteiger partial charge in [0.15, 0.2) is 0 Å². The van der Waals surface area contributed by atoms with Gasteiger partial charge >= 0.3 is 0 Å². The number of benzene rings is 1. The molecule has 2 N–H and O–H groups in total. The number of hydrogen-bond acceptors (Lipinski definition) is 5. The normalized spacial score (nSPS) is 12.5. The molecule has 0 amide bonds. The number of hydrogen-bond donors (Lipinski definition) is 2. The first-order chi connectivity index (χ1) is 11.1. The fraction of sp³-hybridized carbons (Fsp3) is 0.267. The Bertz CT molecular complexity index is 816. The summed E-state index contributed by atoms with van der Waals surface area (Å²) in [4.78, 5) is 8.47. The van der Waals surface area contributed by atoms with Crippen molar-refractivity contribution in [1.29, 1.82) is 0 Å². The SMILES string of the molecule is CCc1cc(NCC(O)c2c(Cl)cccc2Cl)n2ncnc2n1. The zero-order chi connectivity index (χ0) is 16.4. The van der Waals surface area contributed by atoms with Crippen LogP contribution in [-0.2, 0) is 6.42 Å². The molecular weight excluding hydrogens is 337 g/mol. The molecule has 0 bridgehead atoms. The Morgan fingerprint density at radius 1 is 1.30 bits per heavy atom. The molecular formula is C15H15Cl2N5O. The molecule has 120 valence electrons. The third kappa shape index (κ3) is 3.24. The summed E-state index contributed by atoms with van der Waals surface area (Å²) in [5.41, 5.74) is 1.39. The van der Waals surface area contributed by atoms with E-state index in [0.29, 0.717) is 27.2 Å². The zero-order valence-corrected chi connectivity index (χ0v) is 13.9. The largest absolute Gasteiger partial charge is 0.386 e. The molecule has 0 saturated carbocycles. The van der Waals surface area contributed by atoms with Gasteiger partial charge in [0.2, 0.25) is 0 Å². The van der Waals surface area contributed by atoms with Crippen LogP contribution in [0.15, 0.2) is 30.6 Å². The Balaban J connectivity index is 1.84. The summed E-state index contributed by atoms with van der Waals surface area (Å²) in [7, 11) is 0. The topological polar surface area (TPSA) is 75.3 Å². The van der Waals surface area contributed by atoms with Crippen molar-refractivity contribution in [3.8, 4) is 0 Å². The van der Waals surface area contributed by atoms with Crippen LogP contribution >= 0.6 is 23.2 Å². The first-order valence-corrected chi connectivity index (χ1v) is 7.91. The maximum atomic E-state index is 10.4. The fourth-order valence-corrected chi connectivity index (χ4v) is 2.95. The van der Waals surface area contributed by atoms with Crippen molar-refractivity contribution in [2.45, 2.75) is 19.4 Å². The van der Waals surface area contributed by atoms with Gasteiger partial charge < -0.3 is 10.4 Å². The highest BCUT2D eigenvalue weighted by atomic mass is 35.5. The second kappa shape index (κ2) is 6.70. The van der Waals surface area contributed by atoms with E-state index in [1.54, 1.807) is 22.7 Å². The number of nitrogens with one attached hydrogen (secondary N) is 1. The van der Waals surface area contributed by atoms with E-state index in [1.807, 2.05) is 13.0 Å². The molecule has 2 aromatic heterocycles. The van der Waals surface area contributed by atoms with E-state index in [9.17, 15) is 5.11 Å². The molecule has 1 aromatic carbocycles. The molecule has 2 heterocycles. The quantitative estimate of drug-likeness (QED) is 0.738. The third-order valence-corrected chi connectivity index (χ3v) is 4.14. The highest BCUT2D eigenvalue weighted by Crippen LogP contribution is 2.30. The molecule has 0 spiro atoms.